The van der Waals surface area contributed by atoms with Crippen molar-refractivity contribution in [3.63, 3.8) is 0 Å². The number of thiophene rings is 1. The van der Waals surface area contributed by atoms with Gasteiger partial charge in [-0.25, -0.2) is 8.78 Å². The Kier molecular flexibility index (Phi) is 7.09. The van der Waals surface area contributed by atoms with Gasteiger partial charge in [0.2, 0.25) is 0 Å². The molecule has 3 N–H and O–H groups in total. The van der Waals surface area contributed by atoms with Gasteiger partial charge in [-0.15, -0.1) is 11.3 Å². The largest absolute Gasteiger partial charge is 0.329 e. The van der Waals surface area contributed by atoms with E-state index < -0.39 is 11.6 Å². The summed E-state index contributed by atoms with van der Waals surface area (Å²) in [6.45, 7) is 1.76. The second-order valence-electron chi connectivity index (χ2n) is 6.02. The molecular weight excluding hydrogens is 450 g/mol. The molecule has 0 fully saturated rings. The highest BCUT2D eigenvalue weighted by Crippen LogP contribution is 2.22. The van der Waals surface area contributed by atoms with E-state index in [1.54, 1.807) is 43.3 Å². The quantitative estimate of drug-likeness (QED) is 0.259. The standard InChI is InChI=1S/C20H15ClF2N4OS2/c1-11(26-27-20(29)25-16-7-4-13(22)10-15(16)23)12-2-5-14(6-3-12)24-19(28)17-8-9-18(21)30-17/h2-10H,1H3,(H,24,28)(H2,25,27,29)/b26-11-. The Bertz CT molecular complexity index is 1120. The van der Waals surface area contributed by atoms with Crippen LogP contribution in [0.1, 0.15) is 22.2 Å². The Labute approximate surface area is 185 Å². The lowest BCUT2D eigenvalue weighted by atomic mass is 10.1. The van der Waals surface area contributed by atoms with Gasteiger partial charge in [-0.2, -0.15) is 5.10 Å². The van der Waals surface area contributed by atoms with Crippen molar-refractivity contribution in [2.75, 3.05) is 10.6 Å². The Morgan fingerprint density at radius 1 is 1.07 bits per heavy atom. The second kappa shape index (κ2) is 9.75. The van der Waals surface area contributed by atoms with E-state index in [1.165, 1.54) is 17.4 Å². The average Bonchev–Trinajstić information content (AvgIpc) is 3.15. The average molecular weight is 465 g/mol. The third-order valence-electron chi connectivity index (χ3n) is 3.86. The molecule has 0 spiro atoms. The summed E-state index contributed by atoms with van der Waals surface area (Å²) >= 11 is 12.1. The lowest BCUT2D eigenvalue weighted by Gasteiger charge is -2.09. The van der Waals surface area contributed by atoms with Crippen LogP contribution in [0.4, 0.5) is 20.2 Å². The van der Waals surface area contributed by atoms with E-state index in [9.17, 15) is 13.6 Å². The summed E-state index contributed by atoms with van der Waals surface area (Å²) in [5.74, 6) is -1.68. The number of nitrogens with one attached hydrogen (secondary N) is 3. The van der Waals surface area contributed by atoms with E-state index >= 15 is 0 Å². The van der Waals surface area contributed by atoms with Gasteiger partial charge in [0, 0.05) is 11.8 Å². The molecule has 30 heavy (non-hydrogen) atoms. The zero-order valence-electron chi connectivity index (χ0n) is 15.5. The van der Waals surface area contributed by atoms with Crippen LogP contribution in [0, 0.1) is 11.6 Å². The van der Waals surface area contributed by atoms with Crippen molar-refractivity contribution >= 4 is 63.3 Å². The molecule has 0 unspecified atom stereocenters. The van der Waals surface area contributed by atoms with E-state index in [4.69, 9.17) is 23.8 Å². The fourth-order valence-corrected chi connectivity index (χ4v) is 3.46. The first-order chi connectivity index (χ1) is 14.3. The minimum Gasteiger partial charge on any atom is -0.329 e. The lowest BCUT2D eigenvalue weighted by Crippen LogP contribution is -2.25. The van der Waals surface area contributed by atoms with Gasteiger partial charge in [-0.05, 0) is 61.1 Å². The molecular formula is C20H15ClF2N4OS2. The molecule has 0 bridgehead atoms. The summed E-state index contributed by atoms with van der Waals surface area (Å²) in [6.07, 6.45) is 0. The number of hydrogen-bond donors (Lipinski definition) is 3. The number of carbonyl (C=O) groups is 1. The highest BCUT2D eigenvalue weighted by atomic mass is 35.5. The molecule has 0 atom stereocenters. The maximum Gasteiger partial charge on any atom is 0.265 e. The fraction of sp³-hybridized carbons (Fsp3) is 0.0500. The number of benzene rings is 2. The van der Waals surface area contributed by atoms with Crippen molar-refractivity contribution < 1.29 is 13.6 Å². The van der Waals surface area contributed by atoms with Crippen LogP contribution in [0.5, 0.6) is 0 Å². The van der Waals surface area contributed by atoms with Crippen LogP contribution in [-0.2, 0) is 0 Å². The molecule has 3 aromatic rings. The van der Waals surface area contributed by atoms with E-state index in [2.05, 4.69) is 21.2 Å². The van der Waals surface area contributed by atoms with E-state index in [0.717, 1.165) is 17.7 Å². The number of halogens is 3. The third kappa shape index (κ3) is 5.82. The summed E-state index contributed by atoms with van der Waals surface area (Å²) in [4.78, 5) is 12.7. The first-order valence-electron chi connectivity index (χ1n) is 8.55. The minimum atomic E-state index is -0.762. The summed E-state index contributed by atoms with van der Waals surface area (Å²) in [5.41, 5.74) is 4.67. The van der Waals surface area contributed by atoms with Crippen molar-refractivity contribution in [3.8, 4) is 0 Å². The SMILES string of the molecule is C/C(=N/NC(=S)Nc1ccc(F)cc1F)c1ccc(NC(=O)c2ccc(Cl)s2)cc1. The van der Waals surface area contributed by atoms with Crippen molar-refractivity contribution in [2.45, 2.75) is 6.92 Å². The molecule has 154 valence electrons. The molecule has 10 heteroatoms. The van der Waals surface area contributed by atoms with Crippen LogP contribution in [0.2, 0.25) is 4.34 Å². The number of hydrogen-bond acceptors (Lipinski definition) is 4. The molecule has 3 rings (SSSR count). The van der Waals surface area contributed by atoms with Crippen LogP contribution < -0.4 is 16.1 Å². The fourth-order valence-electron chi connectivity index (χ4n) is 2.36. The maximum absolute atomic E-state index is 13.7. The van der Waals surface area contributed by atoms with Gasteiger partial charge in [0.05, 0.1) is 20.6 Å². The number of nitrogens with zero attached hydrogens (tertiary/aromatic N) is 1. The molecule has 0 saturated heterocycles. The lowest BCUT2D eigenvalue weighted by molar-refractivity contribution is 0.103. The third-order valence-corrected chi connectivity index (χ3v) is 5.29. The predicted octanol–water partition coefficient (Wildman–Crippen LogP) is 5.64. The molecule has 0 saturated carbocycles. The second-order valence-corrected chi connectivity index (χ2v) is 8.15. The molecule has 0 aliphatic rings. The van der Waals surface area contributed by atoms with Crippen molar-refractivity contribution in [2.24, 2.45) is 5.10 Å². The van der Waals surface area contributed by atoms with Crippen molar-refractivity contribution in [1.82, 2.24) is 5.43 Å². The van der Waals surface area contributed by atoms with E-state index in [0.29, 0.717) is 20.6 Å². The Hall–Kier alpha value is -2.88. The number of thiocarbonyl (C=S) groups is 1. The normalized spacial score (nSPS) is 11.1. The highest BCUT2D eigenvalue weighted by molar-refractivity contribution is 7.80. The number of carbonyl (C=O) groups excluding carboxylic acids is 1. The van der Waals surface area contributed by atoms with Gasteiger partial charge in [0.1, 0.15) is 11.6 Å². The molecule has 0 radical (unpaired) electrons. The molecule has 1 heterocycles. The smallest absolute Gasteiger partial charge is 0.265 e. The minimum absolute atomic E-state index is 0.0360. The van der Waals surface area contributed by atoms with E-state index in [1.807, 2.05) is 0 Å². The predicted molar refractivity (Wildman–Crippen MR) is 122 cm³/mol. The van der Waals surface area contributed by atoms with Crippen LogP contribution in [0.15, 0.2) is 59.7 Å². The first-order valence-corrected chi connectivity index (χ1v) is 10.2. The number of amides is 1. The summed E-state index contributed by atoms with van der Waals surface area (Å²) < 4.78 is 27.1. The van der Waals surface area contributed by atoms with Gasteiger partial charge < -0.3 is 10.6 Å². The van der Waals surface area contributed by atoms with Gasteiger partial charge in [-0.1, -0.05) is 23.7 Å². The highest BCUT2D eigenvalue weighted by Gasteiger charge is 2.09. The van der Waals surface area contributed by atoms with Crippen molar-refractivity contribution in [1.29, 1.82) is 0 Å². The zero-order chi connectivity index (χ0) is 21.7. The summed E-state index contributed by atoms with van der Waals surface area (Å²) in [7, 11) is 0. The van der Waals surface area contributed by atoms with Crippen LogP contribution in [0.3, 0.4) is 0 Å². The Morgan fingerprint density at radius 3 is 2.43 bits per heavy atom. The Morgan fingerprint density at radius 2 is 1.80 bits per heavy atom. The number of anilines is 2. The van der Waals surface area contributed by atoms with Crippen LogP contribution in [-0.4, -0.2) is 16.7 Å². The summed E-state index contributed by atoms with van der Waals surface area (Å²) in [5, 5.41) is 9.60. The first kappa shape index (κ1) is 21.8. The molecule has 2 aromatic carbocycles. The molecule has 0 aliphatic carbocycles. The Balaban J connectivity index is 1.58. The van der Waals surface area contributed by atoms with Gasteiger partial charge in [0.25, 0.3) is 5.91 Å². The number of rotatable bonds is 5. The van der Waals surface area contributed by atoms with Gasteiger partial charge in [0.15, 0.2) is 5.11 Å². The van der Waals surface area contributed by atoms with Crippen LogP contribution >= 0.6 is 35.2 Å². The van der Waals surface area contributed by atoms with Crippen molar-refractivity contribution in [3.05, 3.63) is 81.0 Å². The maximum atomic E-state index is 13.7. The van der Waals surface area contributed by atoms with E-state index in [-0.39, 0.29) is 16.7 Å². The molecule has 0 aliphatic heterocycles. The molecule has 1 amide bonds. The summed E-state index contributed by atoms with van der Waals surface area (Å²) in [6, 6.07) is 13.5. The molecule has 1 aromatic heterocycles. The monoisotopic (exact) mass is 464 g/mol. The molecule has 5 nitrogen and oxygen atoms in total. The number of hydrazone groups is 1. The van der Waals surface area contributed by atoms with Crippen LogP contribution in [0.25, 0.3) is 0 Å². The zero-order valence-corrected chi connectivity index (χ0v) is 17.9. The topological polar surface area (TPSA) is 65.5 Å². The van der Waals surface area contributed by atoms with Gasteiger partial charge >= 0.3 is 0 Å². The van der Waals surface area contributed by atoms with Gasteiger partial charge in [-0.3, -0.25) is 10.2 Å².